The summed E-state index contributed by atoms with van der Waals surface area (Å²) >= 11 is 0. The Morgan fingerprint density at radius 2 is 2.00 bits per heavy atom. The summed E-state index contributed by atoms with van der Waals surface area (Å²) in [4.78, 5) is 2.09. The molecule has 1 N–H and O–H groups in total. The second-order valence-corrected chi connectivity index (χ2v) is 5.12. The third-order valence-corrected chi connectivity index (χ3v) is 3.23. The van der Waals surface area contributed by atoms with Gasteiger partial charge in [0.15, 0.2) is 0 Å². The summed E-state index contributed by atoms with van der Waals surface area (Å²) in [5.41, 5.74) is 3.98. The lowest BCUT2D eigenvalue weighted by Gasteiger charge is -2.30. The quantitative estimate of drug-likeness (QED) is 0.385. The van der Waals surface area contributed by atoms with E-state index in [0.717, 1.165) is 6.71 Å². The van der Waals surface area contributed by atoms with Crippen LogP contribution in [0.3, 0.4) is 0 Å². The van der Waals surface area contributed by atoms with Crippen molar-refractivity contribution in [2.75, 3.05) is 7.05 Å². The van der Waals surface area contributed by atoms with Crippen LogP contribution in [0.2, 0.25) is 18.9 Å². The molecule has 2 unspecified atom stereocenters. The van der Waals surface area contributed by atoms with E-state index in [1.165, 1.54) is 6.32 Å². The molecule has 0 bridgehead atoms. The maximum absolute atomic E-state index is 3.78. The normalized spacial score (nSPS) is 15.0. The van der Waals surface area contributed by atoms with Crippen molar-refractivity contribution in [2.45, 2.75) is 52.6 Å². The molecule has 0 saturated carbocycles. The van der Waals surface area contributed by atoms with Crippen LogP contribution in [-0.4, -0.2) is 32.1 Å². The van der Waals surface area contributed by atoms with E-state index in [-0.39, 0.29) is 0 Å². The van der Waals surface area contributed by atoms with Gasteiger partial charge in [0, 0.05) is 6.04 Å². The van der Waals surface area contributed by atoms with Gasteiger partial charge in [-0.15, -0.1) is 6.58 Å². The standard InChI is InChI=1S/C12H27B2N2/c1-8-11(5)15-16(7)13-12(10(3)4)14(6)9-2/h8,10-12,15H,1,9H2,2-7H3. The van der Waals surface area contributed by atoms with Crippen LogP contribution in [0.25, 0.3) is 0 Å². The smallest absolute Gasteiger partial charge is 0.225 e. The first-order valence-corrected chi connectivity index (χ1v) is 6.38. The van der Waals surface area contributed by atoms with Gasteiger partial charge in [-0.05, 0) is 14.0 Å². The van der Waals surface area contributed by atoms with Crippen molar-refractivity contribution in [1.82, 2.24) is 10.3 Å². The van der Waals surface area contributed by atoms with Crippen LogP contribution in [0.5, 0.6) is 0 Å². The zero-order valence-corrected chi connectivity index (χ0v) is 11.8. The first kappa shape index (κ1) is 15.8. The lowest BCUT2D eigenvalue weighted by atomic mass is 9.31. The minimum absolute atomic E-state index is 0.311. The third-order valence-electron chi connectivity index (χ3n) is 3.23. The Morgan fingerprint density at radius 1 is 1.44 bits per heavy atom. The number of rotatable bonds is 8. The molecule has 0 aliphatic rings. The van der Waals surface area contributed by atoms with Crippen molar-refractivity contribution in [3.63, 3.8) is 0 Å². The molecule has 0 aliphatic carbocycles. The molecule has 2 nitrogen and oxygen atoms in total. The summed E-state index contributed by atoms with van der Waals surface area (Å²) in [5, 5.41) is 0. The van der Waals surface area contributed by atoms with Crippen molar-refractivity contribution in [3.05, 3.63) is 12.7 Å². The Bertz CT molecular complexity index is 197. The summed E-state index contributed by atoms with van der Waals surface area (Å²) in [5.74, 6) is 0.679. The van der Waals surface area contributed by atoms with E-state index in [1.807, 2.05) is 6.08 Å². The van der Waals surface area contributed by atoms with E-state index in [1.54, 1.807) is 0 Å². The molecule has 0 heterocycles. The Balaban J connectivity index is 4.23. The molecule has 0 aromatic heterocycles. The highest BCUT2D eigenvalue weighted by Gasteiger charge is 2.25. The Morgan fingerprint density at radius 3 is 2.38 bits per heavy atom. The van der Waals surface area contributed by atoms with Gasteiger partial charge in [0.25, 0.3) is 0 Å². The molecule has 0 amide bonds. The predicted octanol–water partition coefficient (Wildman–Crippen LogP) is 2.74. The molecule has 4 heteroatoms. The fourth-order valence-corrected chi connectivity index (χ4v) is 1.92. The van der Waals surface area contributed by atoms with Crippen LogP contribution in [-0.2, 0) is 0 Å². The second-order valence-electron chi connectivity index (χ2n) is 5.12. The zero-order chi connectivity index (χ0) is 12.7. The molecule has 1 radical (unpaired) electrons. The van der Waals surface area contributed by atoms with E-state index in [4.69, 9.17) is 0 Å². The van der Waals surface area contributed by atoms with Crippen LogP contribution >= 0.6 is 0 Å². The molecule has 2 atom stereocenters. The van der Waals surface area contributed by atoms with E-state index < -0.39 is 0 Å². The highest BCUT2D eigenvalue weighted by Crippen LogP contribution is 2.22. The Hall–Kier alpha value is -0.210. The van der Waals surface area contributed by atoms with Gasteiger partial charge in [-0.2, -0.15) is 0 Å². The predicted molar refractivity (Wildman–Crippen MR) is 77.0 cm³/mol. The van der Waals surface area contributed by atoms with E-state index in [0.29, 0.717) is 17.7 Å². The molecule has 0 spiro atoms. The second kappa shape index (κ2) is 7.97. The van der Waals surface area contributed by atoms with Gasteiger partial charge in [-0.3, -0.25) is 10.3 Å². The molecule has 91 valence electrons. The van der Waals surface area contributed by atoms with Gasteiger partial charge < -0.3 is 0 Å². The summed E-state index contributed by atoms with van der Waals surface area (Å²) in [6, 6.07) is 0.311. The van der Waals surface area contributed by atoms with E-state index in [2.05, 4.69) is 65.9 Å². The van der Waals surface area contributed by atoms with Gasteiger partial charge in [0.2, 0.25) is 7.41 Å². The van der Waals surface area contributed by atoms with E-state index in [9.17, 15) is 0 Å². The van der Waals surface area contributed by atoms with Crippen molar-refractivity contribution >= 4 is 14.1 Å². The number of hydrogen-bond acceptors (Lipinski definition) is 2. The van der Waals surface area contributed by atoms with Gasteiger partial charge in [0.05, 0.1) is 0 Å². The van der Waals surface area contributed by atoms with Crippen LogP contribution < -0.4 is 5.43 Å². The molecule has 0 aromatic carbocycles. The number of hydrogen-bond donors (Lipinski definition) is 1. The summed E-state index contributed by atoms with van der Waals surface area (Å²) < 4.78 is 0. The molecule has 0 fully saturated rings. The largest absolute Gasteiger partial charge is 0.293 e. The maximum atomic E-state index is 3.78. The van der Waals surface area contributed by atoms with Crippen molar-refractivity contribution in [3.8, 4) is 0 Å². The van der Waals surface area contributed by atoms with Crippen LogP contribution in [0.15, 0.2) is 12.7 Å². The monoisotopic (exact) mass is 221 g/mol. The maximum Gasteiger partial charge on any atom is 0.225 e. The fraction of sp³-hybridized carbons (Fsp3) is 0.833. The minimum atomic E-state index is 0.311. The lowest BCUT2D eigenvalue weighted by molar-refractivity contribution is 0.358. The molecule has 0 rings (SSSR count). The molecular formula is C12H27B2N2. The first-order valence-electron chi connectivity index (χ1n) is 6.38. The minimum Gasteiger partial charge on any atom is -0.293 e. The molecule has 0 aromatic rings. The topological polar surface area (TPSA) is 15.3 Å². The SMILES string of the molecule is C=CC(C)NN(C)[B]C(B(C)CC)C(C)C. The number of nitrogens with one attached hydrogen (secondary N) is 1. The summed E-state index contributed by atoms with van der Waals surface area (Å²) in [6.07, 6.45) is 3.14. The number of nitrogens with zero attached hydrogens (tertiary/aromatic N) is 1. The highest BCUT2D eigenvalue weighted by molar-refractivity contribution is 6.70. The van der Waals surface area contributed by atoms with E-state index >= 15 is 0 Å². The average molecular weight is 221 g/mol. The molecule has 16 heavy (non-hydrogen) atoms. The summed E-state index contributed by atoms with van der Waals surface area (Å²) in [7, 11) is 4.37. The molecular weight excluding hydrogens is 194 g/mol. The van der Waals surface area contributed by atoms with Crippen molar-refractivity contribution in [2.24, 2.45) is 5.92 Å². The third kappa shape index (κ3) is 5.76. The first-order chi connectivity index (χ1) is 7.42. The molecule has 0 aliphatic heterocycles. The van der Waals surface area contributed by atoms with Gasteiger partial charge in [0.1, 0.15) is 6.71 Å². The Kier molecular flexibility index (Phi) is 7.86. The van der Waals surface area contributed by atoms with Gasteiger partial charge in [-0.25, -0.2) is 0 Å². The van der Waals surface area contributed by atoms with Crippen LogP contribution in [0, 0.1) is 5.92 Å². The van der Waals surface area contributed by atoms with Gasteiger partial charge in [-0.1, -0.05) is 51.6 Å². The van der Waals surface area contributed by atoms with Crippen LogP contribution in [0.4, 0.5) is 0 Å². The Labute approximate surface area is 103 Å². The average Bonchev–Trinajstić information content (AvgIpc) is 2.24. The molecule has 0 saturated heterocycles. The van der Waals surface area contributed by atoms with Gasteiger partial charge >= 0.3 is 0 Å². The fourth-order valence-electron chi connectivity index (χ4n) is 1.92. The van der Waals surface area contributed by atoms with Crippen molar-refractivity contribution in [1.29, 1.82) is 0 Å². The lowest BCUT2D eigenvalue weighted by Crippen LogP contribution is -2.46. The van der Waals surface area contributed by atoms with Crippen LogP contribution in [0.1, 0.15) is 27.7 Å². The highest BCUT2D eigenvalue weighted by atomic mass is 15.5. The summed E-state index contributed by atoms with van der Waals surface area (Å²) in [6.45, 7) is 15.8. The zero-order valence-electron chi connectivity index (χ0n) is 11.8. The number of hydrazine groups is 1. The van der Waals surface area contributed by atoms with Crippen molar-refractivity contribution < 1.29 is 0 Å².